The zero-order chi connectivity index (χ0) is 17.2. The van der Waals surface area contributed by atoms with E-state index in [-0.39, 0.29) is 10.8 Å². The summed E-state index contributed by atoms with van der Waals surface area (Å²) in [6.07, 6.45) is 0. The summed E-state index contributed by atoms with van der Waals surface area (Å²) < 4.78 is 28.7. The van der Waals surface area contributed by atoms with E-state index in [1.54, 1.807) is 44.2 Å². The Hall–Kier alpha value is -1.86. The number of benzene rings is 2. The molecule has 5 nitrogen and oxygen atoms in total. The average molecular weight is 397 g/mol. The van der Waals surface area contributed by atoms with Gasteiger partial charge in [0.25, 0.3) is 10.0 Å². The van der Waals surface area contributed by atoms with Crippen LogP contribution in [-0.2, 0) is 14.8 Å². The molecule has 1 amide bonds. The van der Waals surface area contributed by atoms with E-state index in [2.05, 4.69) is 26.0 Å². The molecule has 2 rings (SSSR count). The lowest BCUT2D eigenvalue weighted by atomic mass is 10.1. The predicted molar refractivity (Wildman–Crippen MR) is 95.2 cm³/mol. The lowest BCUT2D eigenvalue weighted by molar-refractivity contribution is -0.114. The molecule has 0 aromatic heterocycles. The van der Waals surface area contributed by atoms with Crippen LogP contribution in [0.25, 0.3) is 0 Å². The summed E-state index contributed by atoms with van der Waals surface area (Å²) >= 11 is 3.31. The Morgan fingerprint density at radius 2 is 1.65 bits per heavy atom. The number of carbonyl (C=O) groups is 1. The van der Waals surface area contributed by atoms with Crippen molar-refractivity contribution in [1.82, 2.24) is 0 Å². The van der Waals surface area contributed by atoms with E-state index in [1.807, 2.05) is 6.07 Å². The van der Waals surface area contributed by atoms with Gasteiger partial charge < -0.3 is 5.32 Å². The van der Waals surface area contributed by atoms with Gasteiger partial charge in [-0.1, -0.05) is 22.0 Å². The molecule has 0 bridgehead atoms. The minimum absolute atomic E-state index is 0.202. The highest BCUT2D eigenvalue weighted by Gasteiger charge is 2.20. The van der Waals surface area contributed by atoms with Crippen molar-refractivity contribution in [1.29, 1.82) is 0 Å². The van der Waals surface area contributed by atoms with Crippen LogP contribution in [0, 0.1) is 13.8 Å². The van der Waals surface area contributed by atoms with Gasteiger partial charge in [-0.2, -0.15) is 0 Å². The van der Waals surface area contributed by atoms with Gasteiger partial charge in [0.2, 0.25) is 5.91 Å². The summed E-state index contributed by atoms with van der Waals surface area (Å²) in [6.45, 7) is 4.81. The number of halogens is 1. The fraction of sp³-hybridized carbons (Fsp3) is 0.188. The highest BCUT2D eigenvalue weighted by atomic mass is 79.9. The summed E-state index contributed by atoms with van der Waals surface area (Å²) in [4.78, 5) is 11.4. The molecule has 0 saturated heterocycles. The van der Waals surface area contributed by atoms with Gasteiger partial charge in [0, 0.05) is 22.8 Å². The highest BCUT2D eigenvalue weighted by molar-refractivity contribution is 9.10. The van der Waals surface area contributed by atoms with Crippen LogP contribution in [0.5, 0.6) is 0 Å². The van der Waals surface area contributed by atoms with E-state index < -0.39 is 10.0 Å². The quantitative estimate of drug-likeness (QED) is 0.824. The van der Waals surface area contributed by atoms with Gasteiger partial charge in [0.15, 0.2) is 0 Å². The van der Waals surface area contributed by atoms with Crippen molar-refractivity contribution in [2.24, 2.45) is 0 Å². The topological polar surface area (TPSA) is 75.3 Å². The van der Waals surface area contributed by atoms with Gasteiger partial charge in [0.1, 0.15) is 0 Å². The standard InChI is InChI=1S/C16H17BrN2O3S/c1-10-7-15(18-12(3)20)8-11(2)16(10)23(21,22)19-14-6-4-5-13(17)9-14/h4-9,19H,1-3H3,(H,18,20). The van der Waals surface area contributed by atoms with Gasteiger partial charge in [-0.15, -0.1) is 0 Å². The SMILES string of the molecule is CC(=O)Nc1cc(C)c(S(=O)(=O)Nc2cccc(Br)c2)c(C)c1. The largest absolute Gasteiger partial charge is 0.326 e. The number of carbonyl (C=O) groups excluding carboxylic acids is 1. The van der Waals surface area contributed by atoms with E-state index in [0.717, 1.165) is 4.47 Å². The first-order chi connectivity index (χ1) is 10.7. The number of hydrogen-bond donors (Lipinski definition) is 2. The third kappa shape index (κ3) is 4.33. The third-order valence-electron chi connectivity index (χ3n) is 3.13. The third-order valence-corrected chi connectivity index (χ3v) is 5.31. The number of sulfonamides is 1. The zero-order valence-electron chi connectivity index (χ0n) is 13.0. The van der Waals surface area contributed by atoms with Crippen LogP contribution in [0.15, 0.2) is 45.8 Å². The number of aryl methyl sites for hydroxylation is 2. The Labute approximate surface area is 144 Å². The van der Waals surface area contributed by atoms with Crippen molar-refractivity contribution in [3.8, 4) is 0 Å². The Kier molecular flexibility index (Phi) is 5.11. The number of amides is 1. The summed E-state index contributed by atoms with van der Waals surface area (Å²) in [5.41, 5.74) is 2.19. The molecule has 23 heavy (non-hydrogen) atoms. The molecule has 0 aliphatic heterocycles. The molecule has 122 valence electrons. The molecule has 0 spiro atoms. The van der Waals surface area contributed by atoms with E-state index >= 15 is 0 Å². The average Bonchev–Trinajstić information content (AvgIpc) is 2.35. The van der Waals surface area contributed by atoms with Crippen molar-refractivity contribution in [3.05, 3.63) is 52.0 Å². The summed E-state index contributed by atoms with van der Waals surface area (Å²) in [7, 11) is -3.72. The second-order valence-corrected chi connectivity index (χ2v) is 7.77. The monoisotopic (exact) mass is 396 g/mol. The summed E-state index contributed by atoms with van der Waals surface area (Å²) in [5.74, 6) is -0.202. The van der Waals surface area contributed by atoms with Crippen LogP contribution in [0.4, 0.5) is 11.4 Å². The Morgan fingerprint density at radius 3 is 2.17 bits per heavy atom. The van der Waals surface area contributed by atoms with Crippen LogP contribution >= 0.6 is 15.9 Å². The summed E-state index contributed by atoms with van der Waals surface area (Å²) in [6, 6.07) is 10.2. The maximum absolute atomic E-state index is 12.7. The first-order valence-electron chi connectivity index (χ1n) is 6.86. The number of hydrogen-bond acceptors (Lipinski definition) is 3. The van der Waals surface area contributed by atoms with E-state index in [1.165, 1.54) is 6.92 Å². The van der Waals surface area contributed by atoms with Crippen molar-refractivity contribution < 1.29 is 13.2 Å². The Morgan fingerprint density at radius 1 is 1.04 bits per heavy atom. The van der Waals surface area contributed by atoms with E-state index in [0.29, 0.717) is 22.5 Å². The van der Waals surface area contributed by atoms with Crippen LogP contribution < -0.4 is 10.0 Å². The molecule has 0 saturated carbocycles. The Bertz CT molecular complexity index is 840. The molecule has 0 atom stereocenters. The van der Waals surface area contributed by atoms with Crippen LogP contribution in [0.2, 0.25) is 0 Å². The Balaban J connectivity index is 2.42. The molecule has 2 aromatic rings. The summed E-state index contributed by atoms with van der Waals surface area (Å²) in [5, 5.41) is 2.66. The molecular formula is C16H17BrN2O3S. The highest BCUT2D eigenvalue weighted by Crippen LogP contribution is 2.27. The van der Waals surface area contributed by atoms with Crippen LogP contribution in [-0.4, -0.2) is 14.3 Å². The number of anilines is 2. The van der Waals surface area contributed by atoms with Crippen molar-refractivity contribution in [2.75, 3.05) is 10.0 Å². The van der Waals surface area contributed by atoms with E-state index in [4.69, 9.17) is 0 Å². The minimum Gasteiger partial charge on any atom is -0.326 e. The first kappa shape index (κ1) is 17.5. The van der Waals surface area contributed by atoms with E-state index in [9.17, 15) is 13.2 Å². The second-order valence-electron chi connectivity index (χ2n) is 5.24. The smallest absolute Gasteiger partial charge is 0.262 e. The lowest BCUT2D eigenvalue weighted by Gasteiger charge is -2.15. The van der Waals surface area contributed by atoms with Gasteiger partial charge in [-0.3, -0.25) is 9.52 Å². The van der Waals surface area contributed by atoms with Gasteiger partial charge in [-0.05, 0) is 55.3 Å². The molecular weight excluding hydrogens is 380 g/mol. The predicted octanol–water partition coefficient (Wildman–Crippen LogP) is 3.83. The maximum atomic E-state index is 12.7. The lowest BCUT2D eigenvalue weighted by Crippen LogP contribution is -2.16. The molecule has 2 aromatic carbocycles. The second kappa shape index (κ2) is 6.72. The molecule has 0 fully saturated rings. The fourth-order valence-corrected chi connectivity index (χ4v) is 4.31. The molecule has 0 aliphatic carbocycles. The van der Waals surface area contributed by atoms with Gasteiger partial charge >= 0.3 is 0 Å². The van der Waals surface area contributed by atoms with Crippen LogP contribution in [0.3, 0.4) is 0 Å². The maximum Gasteiger partial charge on any atom is 0.262 e. The molecule has 2 N–H and O–H groups in total. The van der Waals surface area contributed by atoms with Crippen molar-refractivity contribution in [3.63, 3.8) is 0 Å². The zero-order valence-corrected chi connectivity index (χ0v) is 15.4. The molecule has 0 heterocycles. The van der Waals surface area contributed by atoms with Crippen molar-refractivity contribution in [2.45, 2.75) is 25.7 Å². The van der Waals surface area contributed by atoms with Gasteiger partial charge in [-0.25, -0.2) is 8.42 Å². The molecule has 0 aliphatic rings. The molecule has 7 heteroatoms. The minimum atomic E-state index is -3.72. The number of nitrogens with one attached hydrogen (secondary N) is 2. The fourth-order valence-electron chi connectivity index (χ4n) is 2.41. The molecule has 0 radical (unpaired) electrons. The van der Waals surface area contributed by atoms with Crippen LogP contribution in [0.1, 0.15) is 18.1 Å². The van der Waals surface area contributed by atoms with Gasteiger partial charge in [0.05, 0.1) is 4.90 Å². The van der Waals surface area contributed by atoms with Crippen molar-refractivity contribution >= 4 is 43.2 Å². The first-order valence-corrected chi connectivity index (χ1v) is 9.14. The number of rotatable bonds is 4. The molecule has 0 unspecified atom stereocenters. The normalized spacial score (nSPS) is 11.1.